The maximum atomic E-state index is 10.5. The highest BCUT2D eigenvalue weighted by molar-refractivity contribution is 9.10. The standard InChI is InChI=1S/C15H14BrClO2/c1-9-3-4-10(7-13(9)17)15(18)12-8-11(16)5-6-14(12)19-2/h3-8,15,18H,1-2H3. The maximum Gasteiger partial charge on any atom is 0.125 e. The van der Waals surface area contributed by atoms with Crippen molar-refractivity contribution < 1.29 is 9.84 Å². The van der Waals surface area contributed by atoms with E-state index < -0.39 is 6.10 Å². The molecule has 0 aliphatic carbocycles. The van der Waals surface area contributed by atoms with Crippen LogP contribution in [-0.4, -0.2) is 12.2 Å². The fourth-order valence-electron chi connectivity index (χ4n) is 1.88. The molecule has 4 heteroatoms. The largest absolute Gasteiger partial charge is 0.496 e. The van der Waals surface area contributed by atoms with Crippen LogP contribution in [0.2, 0.25) is 5.02 Å². The summed E-state index contributed by atoms with van der Waals surface area (Å²) in [6, 6.07) is 11.1. The topological polar surface area (TPSA) is 29.5 Å². The lowest BCUT2D eigenvalue weighted by molar-refractivity contribution is 0.214. The van der Waals surface area contributed by atoms with E-state index >= 15 is 0 Å². The van der Waals surface area contributed by atoms with Crippen LogP contribution in [0.1, 0.15) is 22.8 Å². The Morgan fingerprint density at radius 2 is 1.95 bits per heavy atom. The van der Waals surface area contributed by atoms with E-state index in [0.29, 0.717) is 16.3 Å². The van der Waals surface area contributed by atoms with Crippen molar-refractivity contribution in [2.75, 3.05) is 7.11 Å². The first kappa shape index (κ1) is 14.4. The second-order valence-electron chi connectivity index (χ2n) is 4.30. The van der Waals surface area contributed by atoms with E-state index in [0.717, 1.165) is 15.6 Å². The van der Waals surface area contributed by atoms with Gasteiger partial charge in [0.2, 0.25) is 0 Å². The summed E-state index contributed by atoms with van der Waals surface area (Å²) in [6.45, 7) is 1.93. The lowest BCUT2D eigenvalue weighted by atomic mass is 10.00. The molecular formula is C15H14BrClO2. The van der Waals surface area contributed by atoms with E-state index in [1.807, 2.05) is 37.3 Å². The Bertz CT molecular complexity index is 599. The van der Waals surface area contributed by atoms with Crippen molar-refractivity contribution in [3.8, 4) is 5.75 Å². The van der Waals surface area contributed by atoms with Crippen molar-refractivity contribution in [3.05, 3.63) is 62.6 Å². The van der Waals surface area contributed by atoms with E-state index in [1.165, 1.54) is 0 Å². The minimum absolute atomic E-state index is 0.644. The zero-order valence-corrected chi connectivity index (χ0v) is 13.0. The molecule has 0 aliphatic heterocycles. The van der Waals surface area contributed by atoms with Gasteiger partial charge in [0.05, 0.1) is 7.11 Å². The van der Waals surface area contributed by atoms with Crippen LogP contribution in [-0.2, 0) is 0 Å². The molecule has 0 bridgehead atoms. The minimum Gasteiger partial charge on any atom is -0.496 e. The number of hydrogen-bond acceptors (Lipinski definition) is 2. The van der Waals surface area contributed by atoms with Crippen LogP contribution in [0, 0.1) is 6.92 Å². The minimum atomic E-state index is -0.773. The fourth-order valence-corrected chi connectivity index (χ4v) is 2.45. The predicted octanol–water partition coefficient (Wildman–Crippen LogP) is 4.50. The smallest absolute Gasteiger partial charge is 0.125 e. The number of aryl methyl sites for hydroxylation is 1. The van der Waals surface area contributed by atoms with Gasteiger partial charge in [-0.05, 0) is 42.3 Å². The second-order valence-corrected chi connectivity index (χ2v) is 5.62. The van der Waals surface area contributed by atoms with Crippen LogP contribution in [0.25, 0.3) is 0 Å². The number of aliphatic hydroxyl groups excluding tert-OH is 1. The summed E-state index contributed by atoms with van der Waals surface area (Å²) in [4.78, 5) is 0. The fraction of sp³-hybridized carbons (Fsp3) is 0.200. The van der Waals surface area contributed by atoms with Gasteiger partial charge in [-0.1, -0.05) is 39.7 Å². The van der Waals surface area contributed by atoms with Gasteiger partial charge in [0.25, 0.3) is 0 Å². The van der Waals surface area contributed by atoms with Crippen LogP contribution in [0.5, 0.6) is 5.75 Å². The Morgan fingerprint density at radius 3 is 2.58 bits per heavy atom. The molecule has 0 saturated heterocycles. The number of ether oxygens (including phenoxy) is 1. The summed E-state index contributed by atoms with van der Waals surface area (Å²) < 4.78 is 6.17. The van der Waals surface area contributed by atoms with E-state index in [9.17, 15) is 5.11 Å². The van der Waals surface area contributed by atoms with Gasteiger partial charge in [-0.3, -0.25) is 0 Å². The van der Waals surface area contributed by atoms with Crippen LogP contribution in [0.15, 0.2) is 40.9 Å². The van der Waals surface area contributed by atoms with Crippen molar-refractivity contribution in [1.82, 2.24) is 0 Å². The van der Waals surface area contributed by atoms with Crippen LogP contribution < -0.4 is 4.74 Å². The highest BCUT2D eigenvalue weighted by atomic mass is 79.9. The first-order valence-electron chi connectivity index (χ1n) is 5.80. The lowest BCUT2D eigenvalue weighted by Gasteiger charge is -2.16. The Balaban J connectivity index is 2.45. The molecule has 0 saturated carbocycles. The first-order chi connectivity index (χ1) is 9.02. The highest BCUT2D eigenvalue weighted by Crippen LogP contribution is 2.33. The van der Waals surface area contributed by atoms with Gasteiger partial charge in [-0.15, -0.1) is 0 Å². The molecule has 0 aromatic heterocycles. The molecule has 0 heterocycles. The number of benzene rings is 2. The number of methoxy groups -OCH3 is 1. The van der Waals surface area contributed by atoms with Gasteiger partial charge >= 0.3 is 0 Å². The lowest BCUT2D eigenvalue weighted by Crippen LogP contribution is -2.02. The molecule has 1 N–H and O–H groups in total. The van der Waals surface area contributed by atoms with Crippen LogP contribution >= 0.6 is 27.5 Å². The van der Waals surface area contributed by atoms with Crippen molar-refractivity contribution in [2.45, 2.75) is 13.0 Å². The Kier molecular flexibility index (Phi) is 4.50. The average molecular weight is 342 g/mol. The zero-order chi connectivity index (χ0) is 14.0. The molecule has 0 fully saturated rings. The molecule has 0 spiro atoms. The normalized spacial score (nSPS) is 12.3. The zero-order valence-electron chi connectivity index (χ0n) is 10.7. The van der Waals surface area contributed by atoms with Gasteiger partial charge in [0.15, 0.2) is 0 Å². The molecule has 2 nitrogen and oxygen atoms in total. The summed E-state index contributed by atoms with van der Waals surface area (Å²) in [6.07, 6.45) is -0.773. The summed E-state index contributed by atoms with van der Waals surface area (Å²) in [7, 11) is 1.58. The van der Waals surface area contributed by atoms with Gasteiger partial charge in [-0.2, -0.15) is 0 Å². The van der Waals surface area contributed by atoms with E-state index in [1.54, 1.807) is 13.2 Å². The molecule has 2 aromatic carbocycles. The van der Waals surface area contributed by atoms with Crippen molar-refractivity contribution in [2.24, 2.45) is 0 Å². The van der Waals surface area contributed by atoms with Crippen molar-refractivity contribution in [3.63, 3.8) is 0 Å². The van der Waals surface area contributed by atoms with E-state index in [-0.39, 0.29) is 0 Å². The molecule has 2 rings (SSSR count). The van der Waals surface area contributed by atoms with Gasteiger partial charge < -0.3 is 9.84 Å². The van der Waals surface area contributed by atoms with Crippen LogP contribution in [0.3, 0.4) is 0 Å². The maximum absolute atomic E-state index is 10.5. The number of aliphatic hydroxyl groups is 1. The number of halogens is 2. The van der Waals surface area contributed by atoms with Crippen molar-refractivity contribution >= 4 is 27.5 Å². The van der Waals surface area contributed by atoms with Crippen molar-refractivity contribution in [1.29, 1.82) is 0 Å². The molecule has 0 aliphatic rings. The molecule has 19 heavy (non-hydrogen) atoms. The summed E-state index contributed by atoms with van der Waals surface area (Å²) in [5.41, 5.74) is 2.43. The highest BCUT2D eigenvalue weighted by Gasteiger charge is 2.16. The third kappa shape index (κ3) is 3.11. The quantitative estimate of drug-likeness (QED) is 0.890. The summed E-state index contributed by atoms with van der Waals surface area (Å²) in [5, 5.41) is 11.1. The second kappa shape index (κ2) is 5.95. The molecule has 0 amide bonds. The average Bonchev–Trinajstić information content (AvgIpc) is 2.41. The first-order valence-corrected chi connectivity index (χ1v) is 6.97. The predicted molar refractivity (Wildman–Crippen MR) is 80.9 cm³/mol. The molecule has 2 aromatic rings. The summed E-state index contributed by atoms with van der Waals surface area (Å²) in [5.74, 6) is 0.646. The Hall–Kier alpha value is -1.03. The number of hydrogen-bond donors (Lipinski definition) is 1. The van der Waals surface area contributed by atoms with Crippen LogP contribution in [0.4, 0.5) is 0 Å². The van der Waals surface area contributed by atoms with Gasteiger partial charge in [0, 0.05) is 15.1 Å². The SMILES string of the molecule is COc1ccc(Br)cc1C(O)c1ccc(C)c(Cl)c1. The van der Waals surface area contributed by atoms with E-state index in [4.69, 9.17) is 16.3 Å². The third-order valence-corrected chi connectivity index (χ3v) is 3.90. The molecule has 0 radical (unpaired) electrons. The van der Waals surface area contributed by atoms with E-state index in [2.05, 4.69) is 15.9 Å². The van der Waals surface area contributed by atoms with Gasteiger partial charge in [-0.25, -0.2) is 0 Å². The molecule has 1 atom stereocenters. The Labute approximate surface area is 126 Å². The third-order valence-electron chi connectivity index (χ3n) is 3.00. The van der Waals surface area contributed by atoms with Gasteiger partial charge in [0.1, 0.15) is 11.9 Å². The monoisotopic (exact) mass is 340 g/mol. The molecular weight excluding hydrogens is 328 g/mol. The molecule has 100 valence electrons. The molecule has 1 unspecified atom stereocenters. The number of rotatable bonds is 3. The Morgan fingerprint density at radius 1 is 1.21 bits per heavy atom. The summed E-state index contributed by atoms with van der Waals surface area (Å²) >= 11 is 9.50.